The van der Waals surface area contributed by atoms with Crippen molar-refractivity contribution in [1.29, 1.82) is 0 Å². The van der Waals surface area contributed by atoms with Gasteiger partial charge in [0.2, 0.25) is 0 Å². The van der Waals surface area contributed by atoms with Crippen LogP contribution in [0.4, 0.5) is 4.39 Å². The van der Waals surface area contributed by atoms with Gasteiger partial charge in [-0.05, 0) is 56.4 Å². The summed E-state index contributed by atoms with van der Waals surface area (Å²) in [6.45, 7) is 5.48. The SMILES string of the molecule is CCNC(=NCCCn1nc2n(c1=O)CCCC2)NCCc1c[nH]c2cc(F)ccc12. The van der Waals surface area contributed by atoms with Crippen LogP contribution in [0.2, 0.25) is 0 Å². The topological polar surface area (TPSA) is 92.0 Å². The third-order valence-electron chi connectivity index (χ3n) is 5.59. The maximum atomic E-state index is 13.3. The summed E-state index contributed by atoms with van der Waals surface area (Å²) in [6.07, 6.45) is 6.52. The number of guanidine groups is 1. The minimum Gasteiger partial charge on any atom is -0.361 e. The first kappa shape index (κ1) is 21.1. The normalized spacial score (nSPS) is 14.1. The number of hydrogen-bond acceptors (Lipinski definition) is 3. The highest BCUT2D eigenvalue weighted by atomic mass is 19.1. The first-order chi connectivity index (χ1) is 15.2. The van der Waals surface area contributed by atoms with Gasteiger partial charge in [0.1, 0.15) is 11.6 Å². The standard InChI is InChI=1S/C22H30FN7O/c1-2-24-21(26-11-9-16-15-27-19-14-17(23)7-8-18(16)19)25-10-5-13-30-22(31)29-12-4-3-6-20(29)28-30/h7-8,14-15,27H,2-6,9-13H2,1H3,(H2,24,25,26). The van der Waals surface area contributed by atoms with E-state index in [1.165, 1.54) is 12.1 Å². The molecule has 0 aliphatic carbocycles. The zero-order valence-corrected chi connectivity index (χ0v) is 18.0. The molecule has 0 saturated heterocycles. The minimum atomic E-state index is -0.237. The third-order valence-corrected chi connectivity index (χ3v) is 5.59. The number of aryl methyl sites for hydroxylation is 2. The maximum Gasteiger partial charge on any atom is 0.345 e. The summed E-state index contributed by atoms with van der Waals surface area (Å²) in [5.41, 5.74) is 1.95. The third kappa shape index (κ3) is 4.98. The Morgan fingerprint density at radius 1 is 1.32 bits per heavy atom. The van der Waals surface area contributed by atoms with E-state index in [1.54, 1.807) is 9.25 Å². The summed E-state index contributed by atoms with van der Waals surface area (Å²) in [5.74, 6) is 1.43. The Labute approximate surface area is 180 Å². The quantitative estimate of drug-likeness (QED) is 0.292. The van der Waals surface area contributed by atoms with E-state index < -0.39 is 0 Å². The van der Waals surface area contributed by atoms with E-state index in [9.17, 15) is 9.18 Å². The number of aliphatic imine (C=N–C) groups is 1. The molecular weight excluding hydrogens is 397 g/mol. The Morgan fingerprint density at radius 3 is 3.06 bits per heavy atom. The summed E-state index contributed by atoms with van der Waals surface area (Å²) < 4.78 is 16.7. The van der Waals surface area contributed by atoms with Gasteiger partial charge in [-0.15, -0.1) is 0 Å². The van der Waals surface area contributed by atoms with Crippen molar-refractivity contribution < 1.29 is 4.39 Å². The summed E-state index contributed by atoms with van der Waals surface area (Å²) in [5, 5.41) is 12.1. The van der Waals surface area contributed by atoms with Gasteiger partial charge in [-0.25, -0.2) is 13.9 Å². The zero-order chi connectivity index (χ0) is 21.6. The van der Waals surface area contributed by atoms with Gasteiger partial charge in [0, 0.05) is 56.2 Å². The number of fused-ring (bicyclic) bond motifs is 2. The molecule has 0 spiro atoms. The Kier molecular flexibility index (Phi) is 6.69. The summed E-state index contributed by atoms with van der Waals surface area (Å²) in [4.78, 5) is 20.1. The molecule has 2 aromatic heterocycles. The van der Waals surface area contributed by atoms with Crippen LogP contribution in [0.15, 0.2) is 34.2 Å². The fraction of sp³-hybridized carbons (Fsp3) is 0.500. The monoisotopic (exact) mass is 427 g/mol. The Hall–Kier alpha value is -3.10. The highest BCUT2D eigenvalue weighted by Crippen LogP contribution is 2.19. The van der Waals surface area contributed by atoms with Crippen molar-refractivity contribution >= 4 is 16.9 Å². The molecule has 3 aromatic rings. The molecule has 1 aromatic carbocycles. The first-order valence-corrected chi connectivity index (χ1v) is 11.1. The van der Waals surface area contributed by atoms with E-state index in [0.29, 0.717) is 19.6 Å². The van der Waals surface area contributed by atoms with Crippen LogP contribution in [-0.2, 0) is 25.9 Å². The van der Waals surface area contributed by atoms with Gasteiger partial charge >= 0.3 is 5.69 Å². The molecular formula is C22H30FN7O. The Balaban J connectivity index is 1.28. The van der Waals surface area contributed by atoms with E-state index >= 15 is 0 Å². The van der Waals surface area contributed by atoms with Crippen LogP contribution < -0.4 is 16.3 Å². The second kappa shape index (κ2) is 9.80. The van der Waals surface area contributed by atoms with Gasteiger partial charge in [-0.2, -0.15) is 5.10 Å². The van der Waals surface area contributed by atoms with E-state index in [4.69, 9.17) is 0 Å². The van der Waals surface area contributed by atoms with Crippen LogP contribution >= 0.6 is 0 Å². The average molecular weight is 428 g/mol. The highest BCUT2D eigenvalue weighted by Gasteiger charge is 2.16. The predicted molar refractivity (Wildman–Crippen MR) is 120 cm³/mol. The van der Waals surface area contributed by atoms with Gasteiger partial charge in [-0.1, -0.05) is 0 Å². The number of aromatic amines is 1. The van der Waals surface area contributed by atoms with Crippen LogP contribution in [0.1, 0.15) is 37.6 Å². The molecule has 166 valence electrons. The molecule has 1 aliphatic heterocycles. The molecule has 1 aliphatic rings. The smallest absolute Gasteiger partial charge is 0.345 e. The predicted octanol–water partition coefficient (Wildman–Crippen LogP) is 2.19. The molecule has 9 heteroatoms. The molecule has 3 N–H and O–H groups in total. The second-order valence-electron chi connectivity index (χ2n) is 7.83. The highest BCUT2D eigenvalue weighted by molar-refractivity contribution is 5.83. The molecule has 0 fully saturated rings. The van der Waals surface area contributed by atoms with Crippen molar-refractivity contribution in [3.05, 3.63) is 52.1 Å². The number of hydrogen-bond donors (Lipinski definition) is 3. The van der Waals surface area contributed by atoms with Crippen molar-refractivity contribution in [1.82, 2.24) is 30.0 Å². The molecule has 0 amide bonds. The van der Waals surface area contributed by atoms with Crippen LogP contribution in [-0.4, -0.2) is 44.9 Å². The lowest BCUT2D eigenvalue weighted by Gasteiger charge is -2.11. The zero-order valence-electron chi connectivity index (χ0n) is 18.0. The largest absolute Gasteiger partial charge is 0.361 e. The fourth-order valence-corrected chi connectivity index (χ4v) is 4.03. The number of nitrogens with one attached hydrogen (secondary N) is 3. The van der Waals surface area contributed by atoms with Gasteiger partial charge in [0.05, 0.1) is 0 Å². The Morgan fingerprint density at radius 2 is 2.23 bits per heavy atom. The molecule has 4 rings (SSSR count). The number of rotatable bonds is 8. The summed E-state index contributed by atoms with van der Waals surface area (Å²) in [7, 11) is 0. The van der Waals surface area contributed by atoms with Crippen LogP contribution in [0.25, 0.3) is 10.9 Å². The van der Waals surface area contributed by atoms with Crippen molar-refractivity contribution in [3.63, 3.8) is 0 Å². The Bertz CT molecular complexity index is 1110. The van der Waals surface area contributed by atoms with Gasteiger partial charge < -0.3 is 15.6 Å². The summed E-state index contributed by atoms with van der Waals surface area (Å²) in [6, 6.07) is 4.81. The second-order valence-corrected chi connectivity index (χ2v) is 7.83. The number of halogens is 1. The van der Waals surface area contributed by atoms with Crippen molar-refractivity contribution in [2.24, 2.45) is 4.99 Å². The van der Waals surface area contributed by atoms with Gasteiger partial charge in [-0.3, -0.25) is 9.56 Å². The lowest BCUT2D eigenvalue weighted by molar-refractivity contribution is 0.509. The lowest BCUT2D eigenvalue weighted by atomic mass is 10.1. The van der Waals surface area contributed by atoms with E-state index in [-0.39, 0.29) is 11.5 Å². The minimum absolute atomic E-state index is 0.00215. The summed E-state index contributed by atoms with van der Waals surface area (Å²) >= 11 is 0. The van der Waals surface area contributed by atoms with Gasteiger partial charge in [0.15, 0.2) is 5.96 Å². The van der Waals surface area contributed by atoms with Crippen molar-refractivity contribution in [2.75, 3.05) is 19.6 Å². The maximum absolute atomic E-state index is 13.3. The fourth-order valence-electron chi connectivity index (χ4n) is 4.03. The number of aromatic nitrogens is 4. The first-order valence-electron chi connectivity index (χ1n) is 11.1. The molecule has 0 radical (unpaired) electrons. The van der Waals surface area contributed by atoms with Gasteiger partial charge in [0.25, 0.3) is 0 Å². The van der Waals surface area contributed by atoms with Crippen molar-refractivity contribution in [3.8, 4) is 0 Å². The van der Waals surface area contributed by atoms with Crippen LogP contribution in [0, 0.1) is 5.82 Å². The molecule has 0 unspecified atom stereocenters. The van der Waals surface area contributed by atoms with Crippen LogP contribution in [0.3, 0.4) is 0 Å². The number of benzene rings is 1. The number of nitrogens with zero attached hydrogens (tertiary/aromatic N) is 4. The lowest BCUT2D eigenvalue weighted by Crippen LogP contribution is -2.38. The van der Waals surface area contributed by atoms with E-state index in [1.807, 2.05) is 19.2 Å². The molecule has 31 heavy (non-hydrogen) atoms. The van der Waals surface area contributed by atoms with E-state index in [0.717, 1.165) is 73.4 Å². The molecule has 3 heterocycles. The van der Waals surface area contributed by atoms with E-state index in [2.05, 4.69) is 25.7 Å². The average Bonchev–Trinajstić information content (AvgIpc) is 3.31. The van der Waals surface area contributed by atoms with Crippen molar-refractivity contribution in [2.45, 2.75) is 52.1 Å². The molecule has 0 atom stereocenters. The molecule has 8 nitrogen and oxygen atoms in total. The van der Waals surface area contributed by atoms with Crippen LogP contribution in [0.5, 0.6) is 0 Å². The number of H-pyrrole nitrogens is 1. The molecule has 0 bridgehead atoms. The molecule has 0 saturated carbocycles.